The van der Waals surface area contributed by atoms with Crippen LogP contribution in [0.15, 0.2) is 26.8 Å². The number of aromatic hydroxyl groups is 1. The van der Waals surface area contributed by atoms with Crippen LogP contribution in [0.25, 0.3) is 0 Å². The van der Waals surface area contributed by atoms with Gasteiger partial charge in [-0.3, -0.25) is 9.59 Å². The van der Waals surface area contributed by atoms with E-state index in [0.717, 1.165) is 11.8 Å². The number of amides is 1. The lowest BCUT2D eigenvalue weighted by atomic mass is 10.2. The summed E-state index contributed by atoms with van der Waals surface area (Å²) in [5, 5.41) is 28.4. The van der Waals surface area contributed by atoms with Crippen LogP contribution >= 0.6 is 27.7 Å². The predicted molar refractivity (Wildman–Crippen MR) is 93.8 cm³/mol. The molecule has 1 heterocycles. The SMILES string of the molecule is CCOc1cc(Br)cc(C=NN=C2NC(=O)C(CC(=O)O)S2)c1O. The summed E-state index contributed by atoms with van der Waals surface area (Å²) in [5.74, 6) is -1.24. The number of phenols is 1. The summed E-state index contributed by atoms with van der Waals surface area (Å²) in [6, 6.07) is 3.26. The van der Waals surface area contributed by atoms with Crippen molar-refractivity contribution in [1.82, 2.24) is 5.32 Å². The predicted octanol–water partition coefficient (Wildman–Crippen LogP) is 1.95. The van der Waals surface area contributed by atoms with E-state index in [1.54, 1.807) is 19.1 Å². The molecule has 0 aliphatic carbocycles. The average Bonchev–Trinajstić information content (AvgIpc) is 2.83. The minimum Gasteiger partial charge on any atom is -0.504 e. The molecule has 1 saturated heterocycles. The van der Waals surface area contributed by atoms with Gasteiger partial charge in [-0.1, -0.05) is 27.7 Å². The minimum absolute atomic E-state index is 0.0733. The molecule has 0 bridgehead atoms. The summed E-state index contributed by atoms with van der Waals surface area (Å²) in [6.45, 7) is 2.20. The fraction of sp³-hybridized carbons (Fsp3) is 0.286. The molecule has 1 aliphatic rings. The second-order valence-electron chi connectivity index (χ2n) is 4.62. The van der Waals surface area contributed by atoms with Crippen LogP contribution in [-0.2, 0) is 9.59 Å². The lowest BCUT2D eigenvalue weighted by molar-refractivity contribution is -0.138. The third-order valence-electron chi connectivity index (χ3n) is 2.85. The molecule has 0 spiro atoms. The first-order chi connectivity index (χ1) is 11.4. The third-order valence-corrected chi connectivity index (χ3v) is 4.38. The molecular formula is C14H14BrN3O5S. The standard InChI is InChI=1S/C14H14BrN3O5S/c1-2-23-9-4-8(15)3-7(12(9)21)6-16-18-14-17-13(22)10(24-14)5-11(19)20/h3-4,6,10,21H,2,5H2,1H3,(H,19,20)(H,17,18,22). The average molecular weight is 416 g/mol. The van der Waals surface area contributed by atoms with Crippen LogP contribution in [0.2, 0.25) is 0 Å². The summed E-state index contributed by atoms with van der Waals surface area (Å²) in [6.07, 6.45) is 1.02. The molecule has 10 heteroatoms. The lowest BCUT2D eigenvalue weighted by Crippen LogP contribution is -2.26. The van der Waals surface area contributed by atoms with E-state index in [9.17, 15) is 14.7 Å². The fourth-order valence-electron chi connectivity index (χ4n) is 1.85. The van der Waals surface area contributed by atoms with E-state index < -0.39 is 17.1 Å². The molecule has 1 atom stereocenters. The number of halogens is 1. The van der Waals surface area contributed by atoms with Gasteiger partial charge in [0.2, 0.25) is 5.91 Å². The lowest BCUT2D eigenvalue weighted by Gasteiger charge is -2.08. The smallest absolute Gasteiger partial charge is 0.305 e. The van der Waals surface area contributed by atoms with E-state index >= 15 is 0 Å². The molecule has 0 saturated carbocycles. The number of aliphatic carboxylic acids is 1. The number of nitrogens with one attached hydrogen (secondary N) is 1. The van der Waals surface area contributed by atoms with Gasteiger partial charge in [-0.15, -0.1) is 5.10 Å². The van der Waals surface area contributed by atoms with Gasteiger partial charge < -0.3 is 20.3 Å². The van der Waals surface area contributed by atoms with Crippen molar-refractivity contribution in [3.63, 3.8) is 0 Å². The van der Waals surface area contributed by atoms with Crippen LogP contribution in [0.5, 0.6) is 11.5 Å². The maximum atomic E-state index is 11.6. The van der Waals surface area contributed by atoms with Crippen molar-refractivity contribution in [3.05, 3.63) is 22.2 Å². The number of rotatable bonds is 6. The summed E-state index contributed by atoms with van der Waals surface area (Å²) < 4.78 is 6.01. The number of ether oxygens (including phenoxy) is 1. The molecule has 1 aromatic carbocycles. The van der Waals surface area contributed by atoms with Crippen molar-refractivity contribution in [2.45, 2.75) is 18.6 Å². The quantitative estimate of drug-likeness (QED) is 0.482. The molecule has 8 nitrogen and oxygen atoms in total. The molecule has 1 aliphatic heterocycles. The van der Waals surface area contributed by atoms with Gasteiger partial charge in [0, 0.05) is 10.0 Å². The Kier molecular flexibility index (Phi) is 6.21. The van der Waals surface area contributed by atoms with E-state index in [2.05, 4.69) is 31.4 Å². The van der Waals surface area contributed by atoms with E-state index in [4.69, 9.17) is 9.84 Å². The molecule has 3 N–H and O–H groups in total. The number of nitrogens with zero attached hydrogens (tertiary/aromatic N) is 2. The van der Waals surface area contributed by atoms with Gasteiger partial charge in [0.05, 0.1) is 19.2 Å². The number of hydrogen-bond donors (Lipinski definition) is 3. The number of carbonyl (C=O) groups is 2. The number of carbonyl (C=O) groups excluding carboxylic acids is 1. The van der Waals surface area contributed by atoms with Gasteiger partial charge in [-0.05, 0) is 19.1 Å². The Balaban J connectivity index is 2.12. The van der Waals surface area contributed by atoms with Crippen LogP contribution in [-0.4, -0.2) is 45.3 Å². The molecule has 24 heavy (non-hydrogen) atoms. The van der Waals surface area contributed by atoms with Gasteiger partial charge in [-0.2, -0.15) is 5.10 Å². The number of hydrogen-bond acceptors (Lipinski definition) is 7. The Morgan fingerprint density at radius 2 is 2.29 bits per heavy atom. The zero-order valence-corrected chi connectivity index (χ0v) is 14.9. The highest BCUT2D eigenvalue weighted by molar-refractivity contribution is 9.10. The fourth-order valence-corrected chi connectivity index (χ4v) is 3.22. The molecular weight excluding hydrogens is 402 g/mol. The Bertz CT molecular complexity index is 723. The molecule has 128 valence electrons. The van der Waals surface area contributed by atoms with Crippen molar-refractivity contribution in [1.29, 1.82) is 0 Å². The van der Waals surface area contributed by atoms with Crippen molar-refractivity contribution in [2.24, 2.45) is 10.2 Å². The van der Waals surface area contributed by atoms with Gasteiger partial charge in [0.25, 0.3) is 0 Å². The number of phenolic OH excluding ortho intramolecular Hbond substituents is 1. The van der Waals surface area contributed by atoms with Crippen LogP contribution < -0.4 is 10.1 Å². The van der Waals surface area contributed by atoms with Crippen LogP contribution in [0.3, 0.4) is 0 Å². The Morgan fingerprint density at radius 3 is 2.96 bits per heavy atom. The second-order valence-corrected chi connectivity index (χ2v) is 6.73. The highest BCUT2D eigenvalue weighted by atomic mass is 79.9. The molecule has 1 amide bonds. The van der Waals surface area contributed by atoms with Gasteiger partial charge in [0.15, 0.2) is 16.7 Å². The minimum atomic E-state index is -1.06. The van der Waals surface area contributed by atoms with Gasteiger partial charge in [-0.25, -0.2) is 0 Å². The summed E-state index contributed by atoms with van der Waals surface area (Å²) >= 11 is 4.31. The Labute approximate surface area is 150 Å². The maximum Gasteiger partial charge on any atom is 0.305 e. The zero-order chi connectivity index (χ0) is 17.7. The summed E-state index contributed by atoms with van der Waals surface area (Å²) in [7, 11) is 0. The van der Waals surface area contributed by atoms with E-state index in [1.165, 1.54) is 6.21 Å². The second kappa shape index (κ2) is 8.15. The topological polar surface area (TPSA) is 121 Å². The van der Waals surface area contributed by atoms with E-state index in [1.807, 2.05) is 0 Å². The van der Waals surface area contributed by atoms with Crippen LogP contribution in [0, 0.1) is 0 Å². The molecule has 1 unspecified atom stereocenters. The highest BCUT2D eigenvalue weighted by Crippen LogP contribution is 2.33. The van der Waals surface area contributed by atoms with Crippen molar-refractivity contribution in [3.8, 4) is 11.5 Å². The first-order valence-electron chi connectivity index (χ1n) is 6.86. The maximum absolute atomic E-state index is 11.6. The largest absolute Gasteiger partial charge is 0.504 e. The molecule has 1 aromatic rings. The normalized spacial score (nSPS) is 19.0. The molecule has 0 aromatic heterocycles. The first kappa shape index (κ1) is 18.3. The van der Waals surface area contributed by atoms with Crippen molar-refractivity contribution < 1.29 is 24.5 Å². The Hall–Kier alpha value is -2.07. The summed E-state index contributed by atoms with van der Waals surface area (Å²) in [4.78, 5) is 22.2. The van der Waals surface area contributed by atoms with E-state index in [0.29, 0.717) is 22.4 Å². The summed E-state index contributed by atoms with van der Waals surface area (Å²) in [5.41, 5.74) is 0.383. The monoisotopic (exact) mass is 415 g/mol. The Morgan fingerprint density at radius 1 is 1.54 bits per heavy atom. The van der Waals surface area contributed by atoms with Crippen LogP contribution in [0.4, 0.5) is 0 Å². The molecule has 2 rings (SSSR count). The number of amidine groups is 1. The van der Waals surface area contributed by atoms with E-state index in [-0.39, 0.29) is 17.3 Å². The van der Waals surface area contributed by atoms with Crippen molar-refractivity contribution >= 4 is 51.0 Å². The van der Waals surface area contributed by atoms with Gasteiger partial charge >= 0.3 is 5.97 Å². The van der Waals surface area contributed by atoms with Crippen LogP contribution in [0.1, 0.15) is 18.9 Å². The molecule has 1 fully saturated rings. The number of benzene rings is 1. The molecule has 0 radical (unpaired) electrons. The highest BCUT2D eigenvalue weighted by Gasteiger charge is 2.32. The van der Waals surface area contributed by atoms with Gasteiger partial charge in [0.1, 0.15) is 5.25 Å². The number of thioether (sulfide) groups is 1. The van der Waals surface area contributed by atoms with Crippen molar-refractivity contribution in [2.75, 3.05) is 6.61 Å². The number of carboxylic acids is 1. The first-order valence-corrected chi connectivity index (χ1v) is 8.53. The zero-order valence-electron chi connectivity index (χ0n) is 12.5. The number of carboxylic acid groups (broad SMARTS) is 1. The third kappa shape index (κ3) is 4.71.